The standard InChI is InChI=1S/C9H13N2/c1-8-10-5-7-11(8)6-4-9-2-3-9/h7,9H,2-4,6H2,1H3. The lowest BCUT2D eigenvalue weighted by atomic mass is 10.3. The van der Waals surface area contributed by atoms with Gasteiger partial charge >= 0.3 is 0 Å². The van der Waals surface area contributed by atoms with Gasteiger partial charge in [-0.25, -0.2) is 4.98 Å². The number of nitrogens with zero attached hydrogens (tertiary/aromatic N) is 2. The van der Waals surface area contributed by atoms with E-state index in [0.29, 0.717) is 0 Å². The summed E-state index contributed by atoms with van der Waals surface area (Å²) in [5, 5.41) is 0. The number of aromatic nitrogens is 2. The van der Waals surface area contributed by atoms with Gasteiger partial charge in [0.2, 0.25) is 0 Å². The summed E-state index contributed by atoms with van der Waals surface area (Å²) in [5.74, 6) is 2.10. The molecule has 0 spiro atoms. The lowest BCUT2D eigenvalue weighted by molar-refractivity contribution is 0.584. The van der Waals surface area contributed by atoms with Gasteiger partial charge < -0.3 is 4.57 Å². The van der Waals surface area contributed by atoms with Crippen molar-refractivity contribution in [1.82, 2.24) is 9.55 Å². The van der Waals surface area contributed by atoms with Gasteiger partial charge in [0.25, 0.3) is 0 Å². The molecule has 1 heterocycles. The Morgan fingerprint density at radius 1 is 1.73 bits per heavy atom. The molecular formula is C9H13N2. The minimum absolute atomic E-state index is 1.01. The average molecular weight is 149 g/mol. The van der Waals surface area contributed by atoms with Crippen LogP contribution in [0.1, 0.15) is 25.1 Å². The SMILES string of the molecule is Cc1n[c]cn1CCC1CC1. The fraction of sp³-hybridized carbons (Fsp3) is 0.667. The molecule has 0 saturated heterocycles. The first-order chi connectivity index (χ1) is 5.36. The zero-order valence-electron chi connectivity index (χ0n) is 6.88. The molecule has 1 radical (unpaired) electrons. The van der Waals surface area contributed by atoms with Crippen LogP contribution >= 0.6 is 0 Å². The van der Waals surface area contributed by atoms with Crippen LogP contribution in [0, 0.1) is 19.0 Å². The van der Waals surface area contributed by atoms with Gasteiger partial charge in [-0.15, -0.1) is 0 Å². The highest BCUT2D eigenvalue weighted by Gasteiger charge is 2.20. The largest absolute Gasteiger partial charge is 0.334 e. The van der Waals surface area contributed by atoms with E-state index in [1.165, 1.54) is 19.3 Å². The summed E-state index contributed by atoms with van der Waals surface area (Å²) in [7, 11) is 0. The summed E-state index contributed by atoms with van der Waals surface area (Å²) in [6.07, 6.45) is 9.01. The zero-order chi connectivity index (χ0) is 7.68. The van der Waals surface area contributed by atoms with E-state index in [1.54, 1.807) is 0 Å². The molecule has 2 rings (SSSR count). The van der Waals surface area contributed by atoms with Crippen molar-refractivity contribution in [3.8, 4) is 0 Å². The molecule has 0 N–H and O–H groups in total. The number of hydrogen-bond donors (Lipinski definition) is 0. The number of imidazole rings is 1. The molecule has 0 atom stereocenters. The summed E-state index contributed by atoms with van der Waals surface area (Å²) < 4.78 is 2.18. The summed E-state index contributed by atoms with van der Waals surface area (Å²) in [6, 6.07) is 0. The van der Waals surface area contributed by atoms with Gasteiger partial charge in [-0.05, 0) is 19.3 Å². The molecule has 1 saturated carbocycles. The second-order valence-electron chi connectivity index (χ2n) is 3.34. The van der Waals surface area contributed by atoms with Crippen molar-refractivity contribution in [2.75, 3.05) is 0 Å². The minimum atomic E-state index is 1.01. The van der Waals surface area contributed by atoms with Crippen molar-refractivity contribution < 1.29 is 0 Å². The maximum absolute atomic E-state index is 4.05. The van der Waals surface area contributed by atoms with Crippen LogP contribution in [-0.2, 0) is 6.54 Å². The van der Waals surface area contributed by atoms with Crippen molar-refractivity contribution in [2.24, 2.45) is 5.92 Å². The minimum Gasteiger partial charge on any atom is -0.334 e. The van der Waals surface area contributed by atoms with Crippen LogP contribution in [0.5, 0.6) is 0 Å². The normalized spacial score (nSPS) is 17.2. The summed E-state index contributed by atoms with van der Waals surface area (Å²) in [4.78, 5) is 4.05. The van der Waals surface area contributed by atoms with E-state index in [0.717, 1.165) is 18.3 Å². The van der Waals surface area contributed by atoms with Gasteiger partial charge in [0.15, 0.2) is 0 Å². The second-order valence-corrected chi connectivity index (χ2v) is 3.34. The molecule has 1 aliphatic rings. The zero-order valence-corrected chi connectivity index (χ0v) is 6.88. The third-order valence-electron chi connectivity index (χ3n) is 2.33. The molecule has 1 aromatic heterocycles. The van der Waals surface area contributed by atoms with Gasteiger partial charge in [0.1, 0.15) is 12.0 Å². The highest BCUT2D eigenvalue weighted by molar-refractivity contribution is 4.87. The summed E-state index contributed by atoms with van der Waals surface area (Å²) >= 11 is 0. The Morgan fingerprint density at radius 2 is 2.55 bits per heavy atom. The van der Waals surface area contributed by atoms with Gasteiger partial charge in [0, 0.05) is 12.7 Å². The Hall–Kier alpha value is -0.790. The quantitative estimate of drug-likeness (QED) is 0.640. The Bertz CT molecular complexity index is 235. The molecule has 0 unspecified atom stereocenters. The van der Waals surface area contributed by atoms with Gasteiger partial charge in [0.05, 0.1) is 0 Å². The fourth-order valence-electron chi connectivity index (χ4n) is 1.30. The third-order valence-corrected chi connectivity index (χ3v) is 2.33. The van der Waals surface area contributed by atoms with E-state index in [1.807, 2.05) is 13.1 Å². The van der Waals surface area contributed by atoms with Crippen LogP contribution in [0.2, 0.25) is 0 Å². The fourth-order valence-corrected chi connectivity index (χ4v) is 1.30. The molecule has 0 amide bonds. The van der Waals surface area contributed by atoms with Crippen LogP contribution in [0.15, 0.2) is 6.20 Å². The lowest BCUT2D eigenvalue weighted by Gasteiger charge is -2.02. The molecule has 2 nitrogen and oxygen atoms in total. The van der Waals surface area contributed by atoms with Crippen LogP contribution in [-0.4, -0.2) is 9.55 Å². The second kappa shape index (κ2) is 2.68. The highest BCUT2D eigenvalue weighted by atomic mass is 15.0. The Morgan fingerprint density at radius 3 is 3.09 bits per heavy atom. The van der Waals surface area contributed by atoms with Crippen LogP contribution in [0.4, 0.5) is 0 Å². The van der Waals surface area contributed by atoms with E-state index in [9.17, 15) is 0 Å². The number of rotatable bonds is 3. The first kappa shape index (κ1) is 6.89. The van der Waals surface area contributed by atoms with Gasteiger partial charge in [-0.1, -0.05) is 12.8 Å². The highest BCUT2D eigenvalue weighted by Crippen LogP contribution is 2.32. The Balaban J connectivity index is 1.89. The van der Waals surface area contributed by atoms with Crippen molar-refractivity contribution >= 4 is 0 Å². The molecule has 1 fully saturated rings. The van der Waals surface area contributed by atoms with E-state index < -0.39 is 0 Å². The molecule has 0 aliphatic heterocycles. The topological polar surface area (TPSA) is 17.8 Å². The van der Waals surface area contributed by atoms with Gasteiger partial charge in [-0.2, -0.15) is 0 Å². The molecule has 2 heteroatoms. The van der Waals surface area contributed by atoms with Crippen molar-refractivity contribution in [3.63, 3.8) is 0 Å². The molecule has 1 aliphatic carbocycles. The van der Waals surface area contributed by atoms with E-state index in [-0.39, 0.29) is 0 Å². The van der Waals surface area contributed by atoms with Crippen LogP contribution in [0.3, 0.4) is 0 Å². The van der Waals surface area contributed by atoms with E-state index in [2.05, 4.69) is 15.7 Å². The maximum Gasteiger partial charge on any atom is 0.109 e. The van der Waals surface area contributed by atoms with Crippen LogP contribution < -0.4 is 0 Å². The van der Waals surface area contributed by atoms with E-state index >= 15 is 0 Å². The molecule has 1 aromatic rings. The Labute approximate surface area is 67.3 Å². The number of hydrogen-bond acceptors (Lipinski definition) is 1. The molecule has 59 valence electrons. The molecule has 11 heavy (non-hydrogen) atoms. The first-order valence-corrected chi connectivity index (χ1v) is 4.26. The first-order valence-electron chi connectivity index (χ1n) is 4.26. The van der Waals surface area contributed by atoms with Gasteiger partial charge in [-0.3, -0.25) is 0 Å². The predicted molar refractivity (Wildman–Crippen MR) is 43.1 cm³/mol. The van der Waals surface area contributed by atoms with Crippen molar-refractivity contribution in [1.29, 1.82) is 0 Å². The molecular weight excluding hydrogens is 136 g/mol. The average Bonchev–Trinajstić information content (AvgIpc) is 2.73. The molecule has 0 aromatic carbocycles. The lowest BCUT2D eigenvalue weighted by Crippen LogP contribution is -1.99. The summed E-state index contributed by atoms with van der Waals surface area (Å²) in [6.45, 7) is 3.16. The smallest absolute Gasteiger partial charge is 0.109 e. The molecule has 0 bridgehead atoms. The summed E-state index contributed by atoms with van der Waals surface area (Å²) in [5.41, 5.74) is 0. The van der Waals surface area contributed by atoms with Crippen LogP contribution in [0.25, 0.3) is 0 Å². The van der Waals surface area contributed by atoms with E-state index in [4.69, 9.17) is 0 Å². The monoisotopic (exact) mass is 149 g/mol. The van der Waals surface area contributed by atoms with Crippen molar-refractivity contribution in [2.45, 2.75) is 32.7 Å². The predicted octanol–water partition coefficient (Wildman–Crippen LogP) is 1.79. The third kappa shape index (κ3) is 1.62. The van der Waals surface area contributed by atoms with Crippen molar-refractivity contribution in [3.05, 3.63) is 18.2 Å². The number of aryl methyl sites for hydroxylation is 2. The Kier molecular flexibility index (Phi) is 1.68. The maximum atomic E-state index is 4.05.